The molecule has 1 aromatic heterocycles. The summed E-state index contributed by atoms with van der Waals surface area (Å²) in [7, 11) is 3.59. The maximum absolute atomic E-state index is 11.5. The molecule has 0 saturated carbocycles. The number of rotatable bonds is 7. The number of imidazole rings is 1. The van der Waals surface area contributed by atoms with Crippen molar-refractivity contribution in [2.75, 3.05) is 24.4 Å². The maximum atomic E-state index is 11.5. The number of hydrogen-bond acceptors (Lipinski definition) is 5. The molecule has 4 rings (SSSR count). The molecule has 0 bridgehead atoms. The Balaban J connectivity index is 0.00000167. The number of carbonyl (C=O) groups excluding carboxylic acids is 1. The minimum Gasteiger partial charge on any atom is -0.496 e. The topological polar surface area (TPSA) is 89.8 Å². The van der Waals surface area contributed by atoms with Gasteiger partial charge in [0, 0.05) is 30.7 Å². The lowest BCUT2D eigenvalue weighted by atomic mass is 10.1. The van der Waals surface area contributed by atoms with Gasteiger partial charge in [0.2, 0.25) is 0 Å². The fraction of sp³-hybridized carbons (Fsp3) is 0.296. The van der Waals surface area contributed by atoms with Crippen LogP contribution in [0.3, 0.4) is 0 Å². The fourth-order valence-corrected chi connectivity index (χ4v) is 3.64. The van der Waals surface area contributed by atoms with Gasteiger partial charge in [-0.15, -0.1) is 0 Å². The first kappa shape index (κ1) is 25.6. The lowest BCUT2D eigenvalue weighted by molar-refractivity contribution is -0.118. The first-order valence-corrected chi connectivity index (χ1v) is 11.7. The normalized spacial score (nSPS) is 12.5. The summed E-state index contributed by atoms with van der Waals surface area (Å²) in [5.74, 6) is 2.52. The molecule has 0 saturated heterocycles. The molecule has 8 nitrogen and oxygen atoms in total. The lowest BCUT2D eigenvalue weighted by Crippen LogP contribution is -2.25. The van der Waals surface area contributed by atoms with E-state index in [9.17, 15) is 4.79 Å². The number of aromatic nitrogens is 2. The average Bonchev–Trinajstić information content (AvgIpc) is 3.30. The number of aryl methyl sites for hydroxylation is 2. The van der Waals surface area contributed by atoms with Gasteiger partial charge in [0.25, 0.3) is 5.91 Å². The molecule has 2 heterocycles. The molecule has 0 fully saturated rings. The molecule has 0 radical (unpaired) electrons. The number of amidine groups is 1. The number of nitrogens with one attached hydrogen (secondary N) is 2. The third-order valence-electron chi connectivity index (χ3n) is 5.29. The number of amides is 1. The molecule has 2 aromatic carbocycles. The van der Waals surface area contributed by atoms with Crippen molar-refractivity contribution >= 4 is 28.8 Å². The number of hydrogen-bond donors (Lipinski definition) is 2. The first-order chi connectivity index (χ1) is 17.0. The number of benzene rings is 2. The van der Waals surface area contributed by atoms with Crippen LogP contribution in [0.5, 0.6) is 11.5 Å². The third kappa shape index (κ3) is 6.09. The third-order valence-corrected chi connectivity index (χ3v) is 5.29. The smallest absolute Gasteiger partial charge is 0.262 e. The number of aliphatic imine (C=N–C) groups is 1. The van der Waals surface area contributed by atoms with Crippen molar-refractivity contribution in [3.8, 4) is 11.5 Å². The lowest BCUT2D eigenvalue weighted by Gasteiger charge is -2.18. The van der Waals surface area contributed by atoms with Crippen molar-refractivity contribution in [3.05, 3.63) is 72.3 Å². The Morgan fingerprint density at radius 2 is 2.09 bits per heavy atom. The molecule has 2 N–H and O–H groups in total. The molecule has 0 atom stereocenters. The number of ether oxygens (including phenoxy) is 2. The molecule has 1 aliphatic rings. The van der Waals surface area contributed by atoms with Gasteiger partial charge >= 0.3 is 0 Å². The maximum Gasteiger partial charge on any atom is 0.262 e. The second kappa shape index (κ2) is 11.9. The van der Waals surface area contributed by atoms with E-state index in [1.165, 1.54) is 0 Å². The van der Waals surface area contributed by atoms with E-state index in [0.717, 1.165) is 35.4 Å². The van der Waals surface area contributed by atoms with Crippen molar-refractivity contribution in [3.63, 3.8) is 0 Å². The highest BCUT2D eigenvalue weighted by Gasteiger charge is 2.17. The Bertz CT molecular complexity index is 1230. The zero-order valence-corrected chi connectivity index (χ0v) is 21.0. The largest absolute Gasteiger partial charge is 0.496 e. The molecule has 184 valence electrons. The average molecular weight is 476 g/mol. The summed E-state index contributed by atoms with van der Waals surface area (Å²) in [4.78, 5) is 20.8. The van der Waals surface area contributed by atoms with Gasteiger partial charge < -0.3 is 24.7 Å². The summed E-state index contributed by atoms with van der Waals surface area (Å²) >= 11 is 0. The highest BCUT2D eigenvalue weighted by atomic mass is 16.5. The van der Waals surface area contributed by atoms with Crippen molar-refractivity contribution in [2.45, 2.75) is 33.6 Å². The number of fused-ring (bicyclic) bond motifs is 1. The number of anilines is 2. The van der Waals surface area contributed by atoms with Crippen LogP contribution >= 0.6 is 0 Å². The molecule has 1 amide bonds. The molecule has 1 aliphatic heterocycles. The fourth-order valence-electron chi connectivity index (χ4n) is 3.64. The van der Waals surface area contributed by atoms with E-state index in [2.05, 4.69) is 35.2 Å². The predicted molar refractivity (Wildman–Crippen MR) is 141 cm³/mol. The van der Waals surface area contributed by atoms with E-state index in [4.69, 9.17) is 14.5 Å². The first-order valence-electron chi connectivity index (χ1n) is 11.7. The molecule has 0 unspecified atom stereocenters. The Labute approximate surface area is 206 Å². The molecule has 0 aliphatic carbocycles. The van der Waals surface area contributed by atoms with Crippen LogP contribution in [0.4, 0.5) is 11.4 Å². The molecular weight excluding hydrogens is 442 g/mol. The van der Waals surface area contributed by atoms with E-state index in [0.29, 0.717) is 28.8 Å². The predicted octanol–water partition coefficient (Wildman–Crippen LogP) is 5.27. The van der Waals surface area contributed by atoms with Crippen molar-refractivity contribution < 1.29 is 14.3 Å². The molecule has 35 heavy (non-hydrogen) atoms. The van der Waals surface area contributed by atoms with Crippen LogP contribution in [0.25, 0.3) is 5.70 Å². The molecule has 3 aromatic rings. The summed E-state index contributed by atoms with van der Waals surface area (Å²) in [5.41, 5.74) is 3.95. The van der Waals surface area contributed by atoms with Crippen LogP contribution < -0.4 is 20.1 Å². The van der Waals surface area contributed by atoms with Crippen molar-refractivity contribution in [1.29, 1.82) is 0 Å². The van der Waals surface area contributed by atoms with Gasteiger partial charge in [-0.25, -0.2) is 9.98 Å². The Kier molecular flexibility index (Phi) is 8.67. The van der Waals surface area contributed by atoms with E-state index in [1.54, 1.807) is 19.4 Å². The summed E-state index contributed by atoms with van der Waals surface area (Å²) in [5, 5.41) is 6.19. The molecular formula is C27H33N5O3. The number of methoxy groups -OCH3 is 1. The van der Waals surface area contributed by atoms with Gasteiger partial charge in [-0.2, -0.15) is 0 Å². The zero-order valence-electron chi connectivity index (χ0n) is 21.0. The van der Waals surface area contributed by atoms with Crippen LogP contribution in [0.1, 0.15) is 44.1 Å². The zero-order chi connectivity index (χ0) is 25.4. The van der Waals surface area contributed by atoms with Gasteiger partial charge in [-0.05, 0) is 42.3 Å². The van der Waals surface area contributed by atoms with E-state index in [1.807, 2.05) is 55.9 Å². The minimum absolute atomic E-state index is 0.0101. The Hall–Kier alpha value is -4.07. The van der Waals surface area contributed by atoms with Crippen LogP contribution in [0, 0.1) is 0 Å². The van der Waals surface area contributed by atoms with E-state index >= 15 is 0 Å². The van der Waals surface area contributed by atoms with Crippen molar-refractivity contribution in [1.82, 2.24) is 9.55 Å². The van der Waals surface area contributed by atoms with Gasteiger partial charge in [0.15, 0.2) is 18.3 Å². The van der Waals surface area contributed by atoms with Crippen LogP contribution in [0.2, 0.25) is 0 Å². The highest BCUT2D eigenvalue weighted by Crippen LogP contribution is 2.31. The summed E-state index contributed by atoms with van der Waals surface area (Å²) in [6.07, 6.45) is 5.51. The quantitative estimate of drug-likeness (QED) is 0.359. The number of nitrogens with zero attached hydrogens (tertiary/aromatic N) is 3. The molecule has 0 spiro atoms. The van der Waals surface area contributed by atoms with E-state index < -0.39 is 0 Å². The SMILES string of the molecule is C=C(N=C(Nc1ccc(OC)c(CCC)c1)c1nccn1C)c1ccc2c(c1)OCC(=O)N2.CC. The van der Waals surface area contributed by atoms with E-state index in [-0.39, 0.29) is 12.5 Å². The minimum atomic E-state index is -0.171. The van der Waals surface area contributed by atoms with Crippen LogP contribution in [-0.4, -0.2) is 35.0 Å². The van der Waals surface area contributed by atoms with Gasteiger partial charge in [0.05, 0.1) is 18.5 Å². The summed E-state index contributed by atoms with van der Waals surface area (Å²) in [6, 6.07) is 11.4. The molecule has 8 heteroatoms. The van der Waals surface area contributed by atoms with Crippen LogP contribution in [-0.2, 0) is 18.3 Å². The number of carbonyl (C=O) groups is 1. The van der Waals surface area contributed by atoms with Crippen LogP contribution in [0.15, 0.2) is 60.4 Å². The van der Waals surface area contributed by atoms with Gasteiger partial charge in [0.1, 0.15) is 11.5 Å². The second-order valence-corrected chi connectivity index (χ2v) is 7.72. The second-order valence-electron chi connectivity index (χ2n) is 7.72. The standard InChI is InChI=1S/C25H27N5O3.C2H6/c1-5-6-18-13-19(8-10-21(18)32-4)28-24(25-26-11-12-30(25)3)27-16(2)17-7-9-20-22(14-17)33-15-23(31)29-20;1-2/h7-14H,2,5-6,15H2,1,3-4H3,(H,27,28)(H,29,31);1-2H3. The van der Waals surface area contributed by atoms with Gasteiger partial charge in [-0.3, -0.25) is 4.79 Å². The Morgan fingerprint density at radius 1 is 1.29 bits per heavy atom. The monoisotopic (exact) mass is 475 g/mol. The summed E-state index contributed by atoms with van der Waals surface area (Å²) in [6.45, 7) is 10.3. The van der Waals surface area contributed by atoms with Gasteiger partial charge in [-0.1, -0.05) is 39.8 Å². The highest BCUT2D eigenvalue weighted by molar-refractivity contribution is 6.08. The summed E-state index contributed by atoms with van der Waals surface area (Å²) < 4.78 is 12.9. The Morgan fingerprint density at radius 3 is 2.77 bits per heavy atom. The van der Waals surface area contributed by atoms with Crippen molar-refractivity contribution in [2.24, 2.45) is 12.0 Å².